The number of aliphatic imine (C=N–C) groups is 1. The SMILES string of the molecule is CCNC(=NCc1ccc(OC)c(OC)c1)NCc1cc(Br)cs1.I. The number of hydrogen-bond acceptors (Lipinski definition) is 4. The lowest BCUT2D eigenvalue weighted by Gasteiger charge is -2.11. The van der Waals surface area contributed by atoms with Gasteiger partial charge >= 0.3 is 0 Å². The summed E-state index contributed by atoms with van der Waals surface area (Å²) in [4.78, 5) is 5.88. The second-order valence-corrected chi connectivity index (χ2v) is 6.88. The summed E-state index contributed by atoms with van der Waals surface area (Å²) in [6.07, 6.45) is 0. The Labute approximate surface area is 178 Å². The van der Waals surface area contributed by atoms with E-state index in [1.54, 1.807) is 25.6 Å². The molecule has 0 saturated heterocycles. The van der Waals surface area contributed by atoms with Crippen molar-refractivity contribution in [2.75, 3.05) is 20.8 Å². The van der Waals surface area contributed by atoms with Crippen LogP contribution < -0.4 is 20.1 Å². The molecule has 0 saturated carbocycles. The Kier molecular flexibility index (Phi) is 10.2. The number of nitrogens with one attached hydrogen (secondary N) is 2. The topological polar surface area (TPSA) is 54.9 Å². The second kappa shape index (κ2) is 11.6. The van der Waals surface area contributed by atoms with Gasteiger partial charge in [0, 0.05) is 21.3 Å². The zero-order chi connectivity index (χ0) is 17.4. The fourth-order valence-corrected chi connectivity index (χ4v) is 3.50. The van der Waals surface area contributed by atoms with Gasteiger partial charge in [0.15, 0.2) is 17.5 Å². The van der Waals surface area contributed by atoms with E-state index in [0.717, 1.165) is 34.8 Å². The fraction of sp³-hybridized carbons (Fsp3) is 0.353. The van der Waals surface area contributed by atoms with Gasteiger partial charge in [0.1, 0.15) is 0 Å². The molecule has 2 aromatic rings. The summed E-state index contributed by atoms with van der Waals surface area (Å²) in [5.41, 5.74) is 1.06. The Balaban J connectivity index is 0.00000312. The number of methoxy groups -OCH3 is 2. The van der Waals surface area contributed by atoms with Gasteiger partial charge in [-0.25, -0.2) is 4.99 Å². The summed E-state index contributed by atoms with van der Waals surface area (Å²) in [5.74, 6) is 2.22. The van der Waals surface area contributed by atoms with Gasteiger partial charge in [0.25, 0.3) is 0 Å². The Bertz CT molecular complexity index is 694. The van der Waals surface area contributed by atoms with E-state index in [0.29, 0.717) is 12.3 Å². The molecule has 0 atom stereocenters. The molecule has 5 nitrogen and oxygen atoms in total. The highest BCUT2D eigenvalue weighted by Crippen LogP contribution is 2.27. The van der Waals surface area contributed by atoms with Crippen molar-refractivity contribution in [3.05, 3.63) is 44.6 Å². The third kappa shape index (κ3) is 7.02. The molecule has 2 N–H and O–H groups in total. The lowest BCUT2D eigenvalue weighted by molar-refractivity contribution is 0.354. The first kappa shape index (κ1) is 22.0. The molecule has 25 heavy (non-hydrogen) atoms. The van der Waals surface area contributed by atoms with Crippen molar-refractivity contribution in [2.45, 2.75) is 20.0 Å². The van der Waals surface area contributed by atoms with Crippen molar-refractivity contribution in [3.8, 4) is 11.5 Å². The van der Waals surface area contributed by atoms with Gasteiger partial charge in [-0.3, -0.25) is 0 Å². The molecular weight excluding hydrogens is 517 g/mol. The summed E-state index contributed by atoms with van der Waals surface area (Å²) in [7, 11) is 3.27. The van der Waals surface area contributed by atoms with Gasteiger partial charge in [-0.05, 0) is 46.6 Å². The van der Waals surface area contributed by atoms with Crippen LogP contribution in [0.1, 0.15) is 17.4 Å². The number of hydrogen-bond donors (Lipinski definition) is 2. The molecule has 0 spiro atoms. The van der Waals surface area contributed by atoms with Gasteiger partial charge < -0.3 is 20.1 Å². The average Bonchev–Trinajstić information content (AvgIpc) is 3.02. The Morgan fingerprint density at radius 2 is 1.92 bits per heavy atom. The normalized spacial score (nSPS) is 10.8. The van der Waals surface area contributed by atoms with Crippen LogP contribution in [-0.4, -0.2) is 26.7 Å². The molecular formula is C17H23BrIN3O2S. The molecule has 1 aromatic carbocycles. The average molecular weight is 540 g/mol. The zero-order valence-corrected chi connectivity index (χ0v) is 19.2. The molecule has 0 amide bonds. The molecule has 0 aliphatic carbocycles. The van der Waals surface area contributed by atoms with E-state index >= 15 is 0 Å². The lowest BCUT2D eigenvalue weighted by Crippen LogP contribution is -2.36. The van der Waals surface area contributed by atoms with Gasteiger partial charge in [-0.1, -0.05) is 6.07 Å². The molecule has 138 valence electrons. The van der Waals surface area contributed by atoms with Crippen molar-refractivity contribution in [2.24, 2.45) is 4.99 Å². The molecule has 0 unspecified atom stereocenters. The third-order valence-electron chi connectivity index (χ3n) is 3.26. The minimum atomic E-state index is 0. The van der Waals surface area contributed by atoms with Gasteiger partial charge in [-0.2, -0.15) is 0 Å². The van der Waals surface area contributed by atoms with Crippen LogP contribution in [-0.2, 0) is 13.1 Å². The minimum Gasteiger partial charge on any atom is -0.493 e. The van der Waals surface area contributed by atoms with Gasteiger partial charge in [0.2, 0.25) is 0 Å². The summed E-state index contributed by atoms with van der Waals surface area (Å²) in [5, 5.41) is 8.68. The molecule has 1 heterocycles. The fourth-order valence-electron chi connectivity index (χ4n) is 2.11. The van der Waals surface area contributed by atoms with Crippen molar-refractivity contribution >= 4 is 57.2 Å². The van der Waals surface area contributed by atoms with Crippen LogP contribution in [0.2, 0.25) is 0 Å². The molecule has 8 heteroatoms. The zero-order valence-electron chi connectivity index (χ0n) is 14.5. The van der Waals surface area contributed by atoms with Crippen LogP contribution in [0.25, 0.3) is 0 Å². The smallest absolute Gasteiger partial charge is 0.191 e. The number of guanidine groups is 1. The van der Waals surface area contributed by atoms with E-state index in [9.17, 15) is 0 Å². The highest BCUT2D eigenvalue weighted by molar-refractivity contribution is 14.0. The number of nitrogens with zero attached hydrogens (tertiary/aromatic N) is 1. The number of ether oxygens (including phenoxy) is 2. The molecule has 2 rings (SSSR count). The van der Waals surface area contributed by atoms with E-state index in [1.807, 2.05) is 18.2 Å². The first-order chi connectivity index (χ1) is 11.7. The lowest BCUT2D eigenvalue weighted by atomic mass is 10.2. The van der Waals surface area contributed by atoms with E-state index in [-0.39, 0.29) is 24.0 Å². The maximum absolute atomic E-state index is 5.33. The number of rotatable bonds is 7. The number of benzene rings is 1. The second-order valence-electron chi connectivity index (χ2n) is 4.97. The van der Waals surface area contributed by atoms with E-state index in [2.05, 4.69) is 49.9 Å². The van der Waals surface area contributed by atoms with Crippen LogP contribution in [0.3, 0.4) is 0 Å². The van der Waals surface area contributed by atoms with Crippen molar-refractivity contribution in [3.63, 3.8) is 0 Å². The van der Waals surface area contributed by atoms with E-state index < -0.39 is 0 Å². The van der Waals surface area contributed by atoms with Crippen LogP contribution in [0.15, 0.2) is 39.1 Å². The van der Waals surface area contributed by atoms with Crippen LogP contribution in [0.5, 0.6) is 11.5 Å². The van der Waals surface area contributed by atoms with Crippen molar-refractivity contribution in [1.29, 1.82) is 0 Å². The first-order valence-electron chi connectivity index (χ1n) is 7.62. The highest BCUT2D eigenvalue weighted by Gasteiger charge is 2.05. The summed E-state index contributed by atoms with van der Waals surface area (Å²) >= 11 is 5.18. The van der Waals surface area contributed by atoms with E-state index in [4.69, 9.17) is 9.47 Å². The summed E-state index contributed by atoms with van der Waals surface area (Å²) < 4.78 is 11.7. The maximum Gasteiger partial charge on any atom is 0.191 e. The van der Waals surface area contributed by atoms with Crippen molar-refractivity contribution in [1.82, 2.24) is 10.6 Å². The predicted octanol–water partition coefficient (Wildman–Crippen LogP) is 4.40. The third-order valence-corrected chi connectivity index (χ3v) is 4.96. The first-order valence-corrected chi connectivity index (χ1v) is 9.29. The van der Waals surface area contributed by atoms with Crippen LogP contribution >= 0.6 is 51.2 Å². The maximum atomic E-state index is 5.33. The summed E-state index contributed by atoms with van der Waals surface area (Å²) in [6.45, 7) is 4.17. The highest BCUT2D eigenvalue weighted by atomic mass is 127. The minimum absolute atomic E-state index is 0. The molecule has 0 aliphatic rings. The molecule has 0 aliphatic heterocycles. The standard InChI is InChI=1S/C17H22BrN3O2S.HI/c1-4-19-17(21-10-14-8-13(18)11-24-14)20-9-12-5-6-15(22-2)16(7-12)23-3;/h5-8,11H,4,9-10H2,1-3H3,(H2,19,20,21);1H. The van der Waals surface area contributed by atoms with Crippen molar-refractivity contribution < 1.29 is 9.47 Å². The van der Waals surface area contributed by atoms with Crippen LogP contribution in [0.4, 0.5) is 0 Å². The summed E-state index contributed by atoms with van der Waals surface area (Å²) in [6, 6.07) is 7.94. The molecule has 0 fully saturated rings. The monoisotopic (exact) mass is 539 g/mol. The van der Waals surface area contributed by atoms with E-state index in [1.165, 1.54) is 4.88 Å². The Morgan fingerprint density at radius 3 is 2.52 bits per heavy atom. The van der Waals surface area contributed by atoms with Gasteiger partial charge in [0.05, 0.1) is 27.3 Å². The largest absolute Gasteiger partial charge is 0.493 e. The van der Waals surface area contributed by atoms with Crippen LogP contribution in [0, 0.1) is 0 Å². The molecule has 0 bridgehead atoms. The Morgan fingerprint density at radius 1 is 1.16 bits per heavy atom. The van der Waals surface area contributed by atoms with Gasteiger partial charge in [-0.15, -0.1) is 35.3 Å². The predicted molar refractivity (Wildman–Crippen MR) is 119 cm³/mol. The number of halogens is 2. The Hall–Kier alpha value is -1.000. The molecule has 1 aromatic heterocycles. The quantitative estimate of drug-likeness (QED) is 0.311. The molecule has 0 radical (unpaired) electrons. The number of thiophene rings is 1.